The number of fused-ring (bicyclic) bond motifs is 4. The molecule has 0 radical (unpaired) electrons. The molecule has 2 aromatic carbocycles. The highest BCUT2D eigenvalue weighted by molar-refractivity contribution is 6.09. The Labute approximate surface area is 164 Å². The van der Waals surface area contributed by atoms with E-state index in [1.165, 1.54) is 19.2 Å². The molecule has 7 heteroatoms. The van der Waals surface area contributed by atoms with Gasteiger partial charge in [0.15, 0.2) is 11.3 Å². The second kappa shape index (κ2) is 6.47. The van der Waals surface area contributed by atoms with Crippen molar-refractivity contribution in [1.29, 1.82) is 0 Å². The summed E-state index contributed by atoms with van der Waals surface area (Å²) in [7, 11) is 1.52. The Kier molecular flexibility index (Phi) is 4.01. The summed E-state index contributed by atoms with van der Waals surface area (Å²) in [6, 6.07) is 7.36. The Morgan fingerprint density at radius 1 is 1.17 bits per heavy atom. The predicted octanol–water partition coefficient (Wildman–Crippen LogP) is 5.68. The number of aryl methyl sites for hydroxylation is 1. The van der Waals surface area contributed by atoms with Gasteiger partial charge in [-0.05, 0) is 60.6 Å². The summed E-state index contributed by atoms with van der Waals surface area (Å²) >= 11 is 0. The Hall–Kier alpha value is -3.09. The third-order valence-corrected chi connectivity index (χ3v) is 5.68. The highest BCUT2D eigenvalue weighted by atomic mass is 19.4. The van der Waals surface area contributed by atoms with E-state index in [1.807, 2.05) is 18.3 Å². The molecule has 0 fully saturated rings. The number of nitrogens with zero attached hydrogens (tertiary/aromatic N) is 2. The molecule has 1 aliphatic rings. The molecule has 0 saturated heterocycles. The fourth-order valence-corrected chi connectivity index (χ4v) is 4.28. The largest absolute Gasteiger partial charge is 0.493 e. The highest BCUT2D eigenvalue weighted by Crippen LogP contribution is 2.44. The van der Waals surface area contributed by atoms with Gasteiger partial charge in [0.25, 0.3) is 0 Å². The van der Waals surface area contributed by atoms with Crippen LogP contribution in [0.4, 0.5) is 13.2 Å². The van der Waals surface area contributed by atoms with Gasteiger partial charge in [0.05, 0.1) is 12.7 Å². The van der Waals surface area contributed by atoms with E-state index < -0.39 is 11.7 Å². The van der Waals surface area contributed by atoms with Crippen molar-refractivity contribution in [2.24, 2.45) is 0 Å². The summed E-state index contributed by atoms with van der Waals surface area (Å²) in [6.07, 6.45) is 1.36. The lowest BCUT2D eigenvalue weighted by Crippen LogP contribution is -2.14. The summed E-state index contributed by atoms with van der Waals surface area (Å²) in [6.45, 7) is 0. The van der Waals surface area contributed by atoms with Gasteiger partial charge in [0, 0.05) is 22.7 Å². The zero-order chi connectivity index (χ0) is 20.2. The van der Waals surface area contributed by atoms with E-state index in [1.54, 1.807) is 6.33 Å². The number of halogens is 3. The van der Waals surface area contributed by atoms with Crippen LogP contribution >= 0.6 is 0 Å². The molecule has 5 rings (SSSR count). The minimum absolute atomic E-state index is 0.136. The zero-order valence-corrected chi connectivity index (χ0v) is 15.6. The Balaban J connectivity index is 1.73. The first-order valence-electron chi connectivity index (χ1n) is 9.34. The molecule has 0 aliphatic heterocycles. The molecule has 0 N–H and O–H groups in total. The molecule has 4 aromatic rings. The highest BCUT2D eigenvalue weighted by Gasteiger charge is 2.32. The minimum atomic E-state index is -4.42. The fourth-order valence-electron chi connectivity index (χ4n) is 4.28. The first kappa shape index (κ1) is 18.0. The van der Waals surface area contributed by atoms with E-state index in [9.17, 15) is 13.2 Å². The van der Waals surface area contributed by atoms with E-state index in [4.69, 9.17) is 9.15 Å². The van der Waals surface area contributed by atoms with Crippen LogP contribution in [-0.2, 0) is 19.0 Å². The molecule has 2 aromatic heterocycles. The van der Waals surface area contributed by atoms with E-state index in [0.717, 1.165) is 42.1 Å². The van der Waals surface area contributed by atoms with Gasteiger partial charge >= 0.3 is 6.18 Å². The van der Waals surface area contributed by atoms with Crippen LogP contribution in [0.5, 0.6) is 5.75 Å². The van der Waals surface area contributed by atoms with Crippen molar-refractivity contribution in [1.82, 2.24) is 9.97 Å². The maximum absolute atomic E-state index is 13.3. The second-order valence-corrected chi connectivity index (χ2v) is 7.31. The van der Waals surface area contributed by atoms with E-state index in [0.29, 0.717) is 27.7 Å². The standard InChI is InChI=1S/C22H17F3N2O2/c1-28-19-7-4-15(12-2-5-17-13(8-12)10-26-11-27-17)20-16-9-14(22(23,24)25)3-6-18(16)29-21(19)20/h3-4,6-7,9-12H,2,5,8H2,1H3. The number of alkyl halides is 3. The number of hydrogen-bond acceptors (Lipinski definition) is 4. The lowest BCUT2D eigenvalue weighted by atomic mass is 9.81. The fraction of sp³-hybridized carbons (Fsp3) is 0.273. The van der Waals surface area contributed by atoms with Gasteiger partial charge in [-0.15, -0.1) is 0 Å². The van der Waals surface area contributed by atoms with Crippen LogP contribution in [0.2, 0.25) is 0 Å². The molecule has 1 unspecified atom stereocenters. The molecule has 0 saturated carbocycles. The Morgan fingerprint density at radius 3 is 2.83 bits per heavy atom. The van der Waals surface area contributed by atoms with Crippen LogP contribution in [0.1, 0.15) is 34.7 Å². The molecule has 148 valence electrons. The third kappa shape index (κ3) is 2.92. The number of methoxy groups -OCH3 is 1. The molecule has 0 spiro atoms. The first-order chi connectivity index (χ1) is 14.0. The number of ether oxygens (including phenoxy) is 1. The molecule has 2 heterocycles. The van der Waals surface area contributed by atoms with E-state index in [2.05, 4.69) is 9.97 Å². The van der Waals surface area contributed by atoms with Crippen molar-refractivity contribution in [3.05, 3.63) is 65.2 Å². The summed E-state index contributed by atoms with van der Waals surface area (Å²) < 4.78 is 51.3. The van der Waals surface area contributed by atoms with Crippen LogP contribution in [0.15, 0.2) is 47.3 Å². The molecule has 0 bridgehead atoms. The van der Waals surface area contributed by atoms with Crippen molar-refractivity contribution in [3.8, 4) is 5.75 Å². The number of furan rings is 1. The SMILES string of the molecule is COc1ccc(C2CCc3ncncc3C2)c2c1oc1ccc(C(F)(F)F)cc12. The van der Waals surface area contributed by atoms with Crippen molar-refractivity contribution >= 4 is 21.9 Å². The van der Waals surface area contributed by atoms with Crippen molar-refractivity contribution in [2.75, 3.05) is 7.11 Å². The molecule has 0 amide bonds. The third-order valence-electron chi connectivity index (χ3n) is 5.68. The molecule has 29 heavy (non-hydrogen) atoms. The first-order valence-corrected chi connectivity index (χ1v) is 9.34. The normalized spacial score (nSPS) is 16.9. The molecule has 1 atom stereocenters. The van der Waals surface area contributed by atoms with Crippen LogP contribution in [0, 0.1) is 0 Å². The number of hydrogen-bond donors (Lipinski definition) is 0. The van der Waals surface area contributed by atoms with Crippen molar-refractivity contribution in [3.63, 3.8) is 0 Å². The van der Waals surface area contributed by atoms with Gasteiger partial charge in [-0.25, -0.2) is 9.97 Å². The van der Waals surface area contributed by atoms with Crippen LogP contribution in [0.25, 0.3) is 21.9 Å². The lowest BCUT2D eigenvalue weighted by Gasteiger charge is -2.24. The van der Waals surface area contributed by atoms with Gasteiger partial charge in [-0.1, -0.05) is 6.07 Å². The van der Waals surface area contributed by atoms with Gasteiger partial charge in [0.2, 0.25) is 0 Å². The molecular formula is C22H17F3N2O2. The summed E-state index contributed by atoms with van der Waals surface area (Å²) in [5.41, 5.74) is 3.29. The zero-order valence-electron chi connectivity index (χ0n) is 15.6. The number of benzene rings is 2. The average Bonchev–Trinajstić information content (AvgIpc) is 3.11. The number of rotatable bonds is 2. The maximum atomic E-state index is 13.3. The Morgan fingerprint density at radius 2 is 2.03 bits per heavy atom. The topological polar surface area (TPSA) is 48.2 Å². The predicted molar refractivity (Wildman–Crippen MR) is 102 cm³/mol. The van der Waals surface area contributed by atoms with Crippen LogP contribution in [-0.4, -0.2) is 17.1 Å². The monoisotopic (exact) mass is 398 g/mol. The summed E-state index contributed by atoms with van der Waals surface area (Å²) in [4.78, 5) is 8.46. The number of aromatic nitrogens is 2. The van der Waals surface area contributed by atoms with Gasteiger partial charge in [-0.3, -0.25) is 0 Å². The smallest absolute Gasteiger partial charge is 0.416 e. The molecular weight excluding hydrogens is 381 g/mol. The maximum Gasteiger partial charge on any atom is 0.416 e. The molecule has 1 aliphatic carbocycles. The quantitative estimate of drug-likeness (QED) is 0.436. The van der Waals surface area contributed by atoms with E-state index in [-0.39, 0.29) is 5.92 Å². The van der Waals surface area contributed by atoms with Crippen molar-refractivity contribution in [2.45, 2.75) is 31.4 Å². The molecule has 4 nitrogen and oxygen atoms in total. The Bertz CT molecular complexity index is 1230. The van der Waals surface area contributed by atoms with Gasteiger partial charge in [-0.2, -0.15) is 13.2 Å². The minimum Gasteiger partial charge on any atom is -0.493 e. The van der Waals surface area contributed by atoms with Crippen molar-refractivity contribution < 1.29 is 22.3 Å². The van der Waals surface area contributed by atoms with E-state index >= 15 is 0 Å². The van der Waals surface area contributed by atoms with Gasteiger partial charge < -0.3 is 9.15 Å². The van der Waals surface area contributed by atoms with Crippen LogP contribution < -0.4 is 4.74 Å². The lowest BCUT2D eigenvalue weighted by molar-refractivity contribution is -0.137. The van der Waals surface area contributed by atoms with Gasteiger partial charge in [0.1, 0.15) is 11.9 Å². The summed E-state index contributed by atoms with van der Waals surface area (Å²) in [5.74, 6) is 0.644. The average molecular weight is 398 g/mol. The van der Waals surface area contributed by atoms with Crippen LogP contribution in [0.3, 0.4) is 0 Å². The second-order valence-electron chi connectivity index (χ2n) is 7.31. The summed E-state index contributed by atoms with van der Waals surface area (Å²) in [5, 5.41) is 1.15.